The second-order valence-electron chi connectivity index (χ2n) is 9.72. The van der Waals surface area contributed by atoms with Crippen molar-refractivity contribution in [2.45, 2.75) is 44.9 Å². The van der Waals surface area contributed by atoms with E-state index in [1.54, 1.807) is 18.2 Å². The van der Waals surface area contributed by atoms with Crippen LogP contribution in [0.25, 0.3) is 10.9 Å². The van der Waals surface area contributed by atoms with E-state index in [1.807, 2.05) is 0 Å². The fraction of sp³-hybridized carbons (Fsp3) is 0.400. The molecule has 1 aliphatic heterocycles. The lowest BCUT2D eigenvalue weighted by molar-refractivity contribution is -0.146. The van der Waals surface area contributed by atoms with Gasteiger partial charge in [-0.3, -0.25) is 38.1 Å². The Balaban J connectivity index is 1.61. The molecule has 0 unspecified atom stereocenters. The van der Waals surface area contributed by atoms with Crippen LogP contribution in [0.2, 0.25) is 0 Å². The molecule has 15 heteroatoms. The van der Waals surface area contributed by atoms with Crippen LogP contribution in [0.3, 0.4) is 0 Å². The Morgan fingerprint density at radius 3 is 2.40 bits per heavy atom. The molecule has 4 rings (SSSR count). The van der Waals surface area contributed by atoms with Crippen LogP contribution in [-0.2, 0) is 27.5 Å². The first-order chi connectivity index (χ1) is 19.0. The van der Waals surface area contributed by atoms with Gasteiger partial charge in [0.05, 0.1) is 29.9 Å². The van der Waals surface area contributed by atoms with E-state index in [0.29, 0.717) is 5.52 Å². The molecule has 3 heterocycles. The van der Waals surface area contributed by atoms with E-state index in [4.69, 9.17) is 5.73 Å². The second-order valence-corrected chi connectivity index (χ2v) is 9.72. The van der Waals surface area contributed by atoms with Gasteiger partial charge in [-0.25, -0.2) is 9.59 Å². The van der Waals surface area contributed by atoms with Crippen LogP contribution in [0.4, 0.5) is 0 Å². The molecule has 2 amide bonds. The summed E-state index contributed by atoms with van der Waals surface area (Å²) in [5.41, 5.74) is 3.73. The molecule has 1 saturated heterocycles. The molecule has 1 aromatic carbocycles. The van der Waals surface area contributed by atoms with Crippen molar-refractivity contribution in [2.75, 3.05) is 13.1 Å². The third-order valence-corrected chi connectivity index (χ3v) is 6.94. The van der Waals surface area contributed by atoms with Crippen molar-refractivity contribution in [2.24, 2.45) is 11.7 Å². The minimum absolute atomic E-state index is 0.100. The van der Waals surface area contributed by atoms with Gasteiger partial charge in [0.2, 0.25) is 11.8 Å². The van der Waals surface area contributed by atoms with Crippen LogP contribution < -0.4 is 33.5 Å². The number of rotatable bonds is 8. The van der Waals surface area contributed by atoms with E-state index in [0.717, 1.165) is 9.13 Å². The summed E-state index contributed by atoms with van der Waals surface area (Å²) in [5, 5.41) is 12.0. The zero-order chi connectivity index (χ0) is 29.1. The van der Waals surface area contributed by atoms with Gasteiger partial charge in [0, 0.05) is 24.8 Å². The summed E-state index contributed by atoms with van der Waals surface area (Å²) in [6.07, 6.45) is 1.65. The van der Waals surface area contributed by atoms with E-state index in [2.05, 4.69) is 15.3 Å². The number of carboxylic acids is 1. The SMILES string of the molecule is Cc1cn(C[C@@H](N)C(=O)N[C@H](Cn2c(=O)[nH]c3ccccc3c2=O)C(=O)N2CCC(C(=O)O)CC2)c(=O)[nH]c1=O. The number of benzene rings is 1. The molecule has 1 fully saturated rings. The van der Waals surface area contributed by atoms with Gasteiger partial charge in [0.1, 0.15) is 12.1 Å². The van der Waals surface area contributed by atoms with Crippen molar-refractivity contribution in [3.63, 3.8) is 0 Å². The number of hydrogen-bond donors (Lipinski definition) is 5. The van der Waals surface area contributed by atoms with Crippen molar-refractivity contribution >= 4 is 28.7 Å². The van der Waals surface area contributed by atoms with Crippen LogP contribution in [0, 0.1) is 12.8 Å². The monoisotopic (exact) mass is 555 g/mol. The zero-order valence-corrected chi connectivity index (χ0v) is 21.6. The maximum Gasteiger partial charge on any atom is 0.328 e. The molecular formula is C25H29N7O8. The molecule has 2 atom stereocenters. The summed E-state index contributed by atoms with van der Waals surface area (Å²) in [6.45, 7) is 0.824. The first-order valence-corrected chi connectivity index (χ1v) is 12.6. The molecule has 0 radical (unpaired) electrons. The molecule has 0 spiro atoms. The third-order valence-electron chi connectivity index (χ3n) is 6.94. The molecular weight excluding hydrogens is 526 g/mol. The number of hydrogen-bond acceptors (Lipinski definition) is 8. The Hall–Kier alpha value is -4.79. The summed E-state index contributed by atoms with van der Waals surface area (Å²) in [4.78, 5) is 93.6. The number of carboxylic acid groups (broad SMARTS) is 1. The highest BCUT2D eigenvalue weighted by molar-refractivity contribution is 5.90. The number of carbonyl (C=O) groups excluding carboxylic acids is 2. The minimum atomic E-state index is -1.41. The molecule has 0 saturated carbocycles. The number of nitrogens with zero attached hydrogens (tertiary/aromatic N) is 3. The number of likely N-dealkylation sites (tertiary alicyclic amines) is 1. The average molecular weight is 556 g/mol. The van der Waals surface area contributed by atoms with Crippen LogP contribution in [0.1, 0.15) is 18.4 Å². The predicted octanol–water partition coefficient (Wildman–Crippen LogP) is -2.32. The maximum absolute atomic E-state index is 13.5. The molecule has 15 nitrogen and oxygen atoms in total. The minimum Gasteiger partial charge on any atom is -0.481 e. The molecule has 6 N–H and O–H groups in total. The Labute approximate surface area is 225 Å². The van der Waals surface area contributed by atoms with Crippen molar-refractivity contribution in [1.82, 2.24) is 29.3 Å². The first-order valence-electron chi connectivity index (χ1n) is 12.6. The van der Waals surface area contributed by atoms with Gasteiger partial charge in [-0.1, -0.05) is 12.1 Å². The van der Waals surface area contributed by atoms with E-state index in [1.165, 1.54) is 24.1 Å². The topological polar surface area (TPSA) is 222 Å². The summed E-state index contributed by atoms with van der Waals surface area (Å²) < 4.78 is 1.85. The molecule has 40 heavy (non-hydrogen) atoms. The van der Waals surface area contributed by atoms with E-state index < -0.39 is 64.8 Å². The quantitative estimate of drug-likeness (QED) is 0.201. The number of para-hydroxylation sites is 1. The van der Waals surface area contributed by atoms with Crippen LogP contribution in [0.5, 0.6) is 0 Å². The van der Waals surface area contributed by atoms with Gasteiger partial charge < -0.3 is 26.0 Å². The van der Waals surface area contributed by atoms with Gasteiger partial charge in [-0.05, 0) is 31.9 Å². The number of nitrogens with two attached hydrogens (primary N) is 1. The first kappa shape index (κ1) is 28.2. The Morgan fingerprint density at radius 2 is 1.73 bits per heavy atom. The number of amides is 2. The molecule has 0 bridgehead atoms. The highest BCUT2D eigenvalue weighted by atomic mass is 16.4. The van der Waals surface area contributed by atoms with Crippen molar-refractivity contribution in [3.05, 3.63) is 77.7 Å². The van der Waals surface area contributed by atoms with Crippen LogP contribution in [-0.4, -0.2) is 72.1 Å². The lowest BCUT2D eigenvalue weighted by atomic mass is 9.96. The average Bonchev–Trinajstić information content (AvgIpc) is 2.92. The predicted molar refractivity (Wildman–Crippen MR) is 142 cm³/mol. The molecule has 3 aromatic rings. The highest BCUT2D eigenvalue weighted by Gasteiger charge is 2.33. The number of H-pyrrole nitrogens is 2. The number of nitrogens with one attached hydrogen (secondary N) is 3. The Bertz CT molecular complexity index is 1690. The van der Waals surface area contributed by atoms with Gasteiger partial charge >= 0.3 is 17.3 Å². The number of piperidine rings is 1. The van der Waals surface area contributed by atoms with Crippen LogP contribution in [0.15, 0.2) is 49.6 Å². The lowest BCUT2D eigenvalue weighted by Crippen LogP contribution is -2.57. The fourth-order valence-electron chi connectivity index (χ4n) is 4.63. The van der Waals surface area contributed by atoms with E-state index in [-0.39, 0.29) is 43.4 Å². The van der Waals surface area contributed by atoms with E-state index >= 15 is 0 Å². The van der Waals surface area contributed by atoms with Gasteiger partial charge in [-0.15, -0.1) is 0 Å². The summed E-state index contributed by atoms with van der Waals surface area (Å²) in [5.74, 6) is -3.05. The molecule has 1 aliphatic rings. The number of fused-ring (bicyclic) bond motifs is 1. The van der Waals surface area contributed by atoms with Gasteiger partial charge in [0.25, 0.3) is 11.1 Å². The second kappa shape index (κ2) is 11.5. The van der Waals surface area contributed by atoms with Crippen LogP contribution >= 0.6 is 0 Å². The standard InChI is InChI=1S/C25H29N7O8/c1-13-10-31(24(39)29-19(13)33)11-16(26)20(34)27-18(22(36)30-8-6-14(7-9-30)23(37)38)12-32-21(35)15-4-2-3-5-17(15)28-25(32)40/h2-5,10,14,16,18H,6-9,11-12,26H2,1H3,(H,27,34)(H,28,40)(H,37,38)(H,29,33,39)/t16-,18-/m1/s1. The lowest BCUT2D eigenvalue weighted by Gasteiger charge is -2.33. The third kappa shape index (κ3) is 5.93. The van der Waals surface area contributed by atoms with Gasteiger partial charge in [-0.2, -0.15) is 0 Å². The van der Waals surface area contributed by atoms with Crippen molar-refractivity contribution in [3.8, 4) is 0 Å². The summed E-state index contributed by atoms with van der Waals surface area (Å²) in [6, 6.07) is 3.57. The zero-order valence-electron chi connectivity index (χ0n) is 21.6. The smallest absolute Gasteiger partial charge is 0.328 e. The van der Waals surface area contributed by atoms with Gasteiger partial charge in [0.15, 0.2) is 0 Å². The normalized spacial score (nSPS) is 15.5. The maximum atomic E-state index is 13.5. The number of aromatic nitrogens is 4. The summed E-state index contributed by atoms with van der Waals surface area (Å²) in [7, 11) is 0. The number of aromatic amines is 2. The largest absolute Gasteiger partial charge is 0.481 e. The fourth-order valence-corrected chi connectivity index (χ4v) is 4.63. The highest BCUT2D eigenvalue weighted by Crippen LogP contribution is 2.18. The summed E-state index contributed by atoms with van der Waals surface area (Å²) >= 11 is 0. The van der Waals surface area contributed by atoms with Crippen molar-refractivity contribution in [1.29, 1.82) is 0 Å². The van der Waals surface area contributed by atoms with Crippen molar-refractivity contribution < 1.29 is 19.5 Å². The van der Waals surface area contributed by atoms with E-state index in [9.17, 15) is 38.7 Å². The number of carbonyl (C=O) groups is 3. The number of aliphatic carboxylic acids is 1. The Morgan fingerprint density at radius 1 is 1.05 bits per heavy atom. The number of aryl methyl sites for hydroxylation is 1. The molecule has 212 valence electrons. The molecule has 2 aromatic heterocycles. The molecule has 0 aliphatic carbocycles. The Kier molecular flexibility index (Phi) is 8.13.